The van der Waals surface area contributed by atoms with E-state index in [0.717, 1.165) is 33.4 Å². The zero-order chi connectivity index (χ0) is 77.0. The Labute approximate surface area is 579 Å². The van der Waals surface area contributed by atoms with Crippen LogP contribution >= 0.6 is 0 Å². The van der Waals surface area contributed by atoms with Gasteiger partial charge in [0, 0.05) is 0 Å². The maximum Gasteiger partial charge on any atom is 0.335 e. The van der Waals surface area contributed by atoms with E-state index in [4.69, 9.17) is 124 Å². The molecule has 0 amide bonds. The lowest BCUT2D eigenvalue weighted by atomic mass is 10.1. The second-order valence-corrected chi connectivity index (χ2v) is 20.5. The van der Waals surface area contributed by atoms with Gasteiger partial charge >= 0.3 is 71.6 Å². The quantitative estimate of drug-likeness (QED) is 0.0253. The average Bonchev–Trinajstić information content (AvgIpc) is 0.923. The summed E-state index contributed by atoms with van der Waals surface area (Å²) in [5, 5.41) is 105. The molecule has 0 fully saturated rings. The van der Waals surface area contributed by atoms with Crippen molar-refractivity contribution in [3.05, 3.63) is 215 Å². The molecule has 0 radical (unpaired) electrons. The Morgan fingerprint density at radius 1 is 0.196 bits per heavy atom. The van der Waals surface area contributed by atoms with E-state index in [1.807, 2.05) is 0 Å². The van der Waals surface area contributed by atoms with Crippen LogP contribution in [0.3, 0.4) is 0 Å². The summed E-state index contributed by atoms with van der Waals surface area (Å²) < 4.78 is 30.0. The minimum Gasteiger partial charge on any atom is -0.480 e. The predicted octanol–water partition coefficient (Wildman–Crippen LogP) is 0.410. The number of rotatable bonds is 36. The maximum atomic E-state index is 10.8. The Morgan fingerprint density at radius 2 is 0.294 bits per heavy atom. The van der Waals surface area contributed by atoms with Crippen molar-refractivity contribution in [2.75, 3.05) is 0 Å². The van der Waals surface area contributed by atoms with Crippen LogP contribution in [0.25, 0.3) is 0 Å². The summed E-state index contributed by atoms with van der Waals surface area (Å²) in [6.45, 7) is -0.00722. The van der Waals surface area contributed by atoms with Crippen LogP contribution < -0.4 is 34.4 Å². The first-order chi connectivity index (χ1) is 48.1. The molecule has 36 nitrogen and oxygen atoms in total. The second kappa shape index (κ2) is 48.3. The SMILES string of the molecule is NC(C(=O)O)C(OCc1ccccc1)C(=O)O.NC(C(=O)O)C(OCc1ccccc1)C(=O)O.NC(C(=O)O)C(OCc1ccccc1)C(=O)O.NC(C(=O)O)C(OCc1ccccc1)C(=O)O.NC(C(=O)O)C(OCc1ccccc1)C(=O)O.NC(C(=O)O)C(OCc1ccccc1)C(=O)O. The van der Waals surface area contributed by atoms with E-state index in [1.54, 1.807) is 182 Å². The van der Waals surface area contributed by atoms with Crippen molar-refractivity contribution < 1.29 is 147 Å². The first-order valence-electron chi connectivity index (χ1n) is 29.3. The molecule has 6 aromatic carbocycles. The average molecular weight is 1440 g/mol. The van der Waals surface area contributed by atoms with Crippen molar-refractivity contribution in [3.8, 4) is 0 Å². The molecule has 6 aromatic rings. The number of carboxylic acids is 12. The van der Waals surface area contributed by atoms with Crippen LogP contribution in [0.2, 0.25) is 0 Å². The van der Waals surface area contributed by atoms with Gasteiger partial charge in [0.2, 0.25) is 0 Å². The van der Waals surface area contributed by atoms with Crippen molar-refractivity contribution in [1.82, 2.24) is 0 Å². The molecule has 0 aliphatic carbocycles. The van der Waals surface area contributed by atoms with E-state index in [-0.39, 0.29) is 39.6 Å². The molecule has 0 spiro atoms. The highest BCUT2D eigenvalue weighted by atomic mass is 16.5. The van der Waals surface area contributed by atoms with Crippen molar-refractivity contribution in [1.29, 1.82) is 0 Å². The van der Waals surface area contributed by atoms with Crippen LogP contribution in [-0.2, 0) is 126 Å². The Morgan fingerprint density at radius 3 is 0.373 bits per heavy atom. The molecule has 0 saturated carbocycles. The van der Waals surface area contributed by atoms with Gasteiger partial charge in [-0.25, -0.2) is 28.8 Å². The van der Waals surface area contributed by atoms with Crippen LogP contribution in [-0.4, -0.2) is 206 Å². The Bertz CT molecular complexity index is 2950. The number of ether oxygens (including phenoxy) is 6. The second-order valence-electron chi connectivity index (χ2n) is 20.5. The van der Waals surface area contributed by atoms with Gasteiger partial charge in [-0.05, 0) is 33.4 Å². The Hall–Kier alpha value is -11.5. The summed E-state index contributed by atoms with van der Waals surface area (Å²) in [6.07, 6.45) is -9.37. The lowest BCUT2D eigenvalue weighted by Gasteiger charge is -2.17. The molecule has 0 saturated heterocycles. The first kappa shape index (κ1) is 88.5. The summed E-state index contributed by atoms with van der Waals surface area (Å²) in [5.74, 6) is -16.8. The van der Waals surface area contributed by atoms with Crippen molar-refractivity contribution in [3.63, 3.8) is 0 Å². The fraction of sp³-hybridized carbons (Fsp3) is 0.273. The van der Waals surface area contributed by atoms with E-state index in [9.17, 15) is 57.5 Å². The third-order valence-electron chi connectivity index (χ3n) is 12.8. The van der Waals surface area contributed by atoms with E-state index in [1.165, 1.54) is 0 Å². The molecule has 36 heteroatoms. The summed E-state index contributed by atoms with van der Waals surface area (Å²) in [7, 11) is 0. The van der Waals surface area contributed by atoms with Gasteiger partial charge in [0.25, 0.3) is 0 Å². The monoisotopic (exact) mass is 1430 g/mol. The van der Waals surface area contributed by atoms with E-state index in [2.05, 4.69) is 0 Å². The molecule has 12 unspecified atom stereocenters. The van der Waals surface area contributed by atoms with Crippen LogP contribution in [0, 0.1) is 0 Å². The largest absolute Gasteiger partial charge is 0.480 e. The van der Waals surface area contributed by atoms with Crippen LogP contribution in [0.4, 0.5) is 0 Å². The summed E-state index contributed by atoms with van der Waals surface area (Å²) in [6, 6.07) is 43.4. The molecule has 12 atom stereocenters. The molecular formula is C66H78N6O30. The van der Waals surface area contributed by atoms with Crippen molar-refractivity contribution >= 4 is 71.6 Å². The highest BCUT2D eigenvalue weighted by molar-refractivity contribution is 5.87. The number of nitrogens with two attached hydrogens (primary N) is 6. The van der Waals surface area contributed by atoms with Gasteiger partial charge in [-0.15, -0.1) is 0 Å². The van der Waals surface area contributed by atoms with Crippen molar-refractivity contribution in [2.45, 2.75) is 113 Å². The molecule has 552 valence electrons. The van der Waals surface area contributed by atoms with Crippen LogP contribution in [0.15, 0.2) is 182 Å². The minimum atomic E-state index is -1.59. The molecule has 0 aromatic heterocycles. The molecule has 0 aliphatic rings. The van der Waals surface area contributed by atoms with E-state index in [0.29, 0.717) is 0 Å². The molecule has 0 aliphatic heterocycles. The van der Waals surface area contributed by atoms with Gasteiger partial charge in [0.15, 0.2) is 36.6 Å². The van der Waals surface area contributed by atoms with Gasteiger partial charge in [-0.2, -0.15) is 0 Å². The van der Waals surface area contributed by atoms with Crippen molar-refractivity contribution in [2.24, 2.45) is 34.4 Å². The third kappa shape index (κ3) is 35.3. The standard InChI is InChI=1S/6C11H13NO5/c6*12-8(10(13)14)9(11(15)16)17-6-7-4-2-1-3-5-7/h6*1-5,8-9H,6,12H2,(H,13,14)(H,15,16). The number of benzene rings is 6. The number of carbonyl (C=O) groups is 12. The lowest BCUT2D eigenvalue weighted by Crippen LogP contribution is -2.47. The van der Waals surface area contributed by atoms with Gasteiger partial charge in [-0.3, -0.25) is 28.8 Å². The van der Waals surface area contributed by atoms with Gasteiger partial charge in [-0.1, -0.05) is 182 Å². The normalized spacial score (nSPS) is 13.9. The van der Waals surface area contributed by atoms with E-state index < -0.39 is 145 Å². The van der Waals surface area contributed by atoms with E-state index >= 15 is 0 Å². The molecular weight excluding hydrogens is 1360 g/mol. The van der Waals surface area contributed by atoms with Gasteiger partial charge in [0.05, 0.1) is 39.6 Å². The predicted molar refractivity (Wildman–Crippen MR) is 350 cm³/mol. The molecule has 0 heterocycles. The smallest absolute Gasteiger partial charge is 0.335 e. The summed E-state index contributed by atoms with van der Waals surface area (Å²) >= 11 is 0. The van der Waals surface area contributed by atoms with Gasteiger partial charge < -0.3 is 124 Å². The molecule has 24 N–H and O–H groups in total. The third-order valence-corrected chi connectivity index (χ3v) is 12.8. The maximum absolute atomic E-state index is 10.8. The lowest BCUT2D eigenvalue weighted by molar-refractivity contribution is -0.159. The molecule has 0 bridgehead atoms. The van der Waals surface area contributed by atoms with Gasteiger partial charge in [0.1, 0.15) is 36.3 Å². The zero-order valence-corrected chi connectivity index (χ0v) is 53.7. The minimum absolute atomic E-state index is 0.00120. The van der Waals surface area contributed by atoms with Crippen LogP contribution in [0.5, 0.6) is 0 Å². The highest BCUT2D eigenvalue weighted by Crippen LogP contribution is 2.13. The number of aliphatic carboxylic acids is 12. The number of carboxylic acid groups (broad SMARTS) is 12. The zero-order valence-electron chi connectivity index (χ0n) is 53.7. The number of hydrogen-bond acceptors (Lipinski definition) is 24. The topological polar surface area (TPSA) is 659 Å². The number of hydrogen-bond donors (Lipinski definition) is 18. The first-order valence-corrected chi connectivity index (χ1v) is 29.3. The molecule has 102 heavy (non-hydrogen) atoms. The summed E-state index contributed by atoms with van der Waals surface area (Å²) in [5.41, 5.74) is 35.8. The van der Waals surface area contributed by atoms with Crippen LogP contribution in [0.1, 0.15) is 33.4 Å². The fourth-order valence-electron chi connectivity index (χ4n) is 7.31. The fourth-order valence-corrected chi connectivity index (χ4v) is 7.31. The molecule has 6 rings (SSSR count). The highest BCUT2D eigenvalue weighted by Gasteiger charge is 2.36. The summed E-state index contributed by atoms with van der Waals surface area (Å²) in [4.78, 5) is 128. The Kier molecular flexibility index (Phi) is 41.9. The Balaban J connectivity index is 0.000000612.